The van der Waals surface area contributed by atoms with Crippen molar-refractivity contribution < 1.29 is 8.42 Å². The fourth-order valence-corrected chi connectivity index (χ4v) is 3.86. The highest BCUT2D eigenvalue weighted by molar-refractivity contribution is 7.88. The van der Waals surface area contributed by atoms with Crippen LogP contribution < -0.4 is 5.32 Å². The third-order valence-corrected chi connectivity index (χ3v) is 5.35. The quantitative estimate of drug-likeness (QED) is 0.883. The average molecular weight is 362 g/mol. The van der Waals surface area contributed by atoms with E-state index in [0.29, 0.717) is 30.7 Å². The molecule has 0 unspecified atom stereocenters. The van der Waals surface area contributed by atoms with Gasteiger partial charge in [0.2, 0.25) is 16.0 Å². The number of aromatic nitrogens is 4. The average Bonchev–Trinajstić information content (AvgIpc) is 2.95. The minimum absolute atomic E-state index is 0.00432. The molecule has 134 valence electrons. The van der Waals surface area contributed by atoms with E-state index in [1.54, 1.807) is 0 Å². The normalized spacial score (nSPS) is 18.5. The van der Waals surface area contributed by atoms with Gasteiger partial charge in [0, 0.05) is 42.2 Å². The molecule has 0 radical (unpaired) electrons. The highest BCUT2D eigenvalue weighted by Crippen LogP contribution is 2.27. The Labute approximate surface area is 147 Å². The summed E-state index contributed by atoms with van der Waals surface area (Å²) in [4.78, 5) is 17.8. The van der Waals surface area contributed by atoms with Crippen molar-refractivity contribution >= 4 is 21.8 Å². The van der Waals surface area contributed by atoms with E-state index < -0.39 is 10.0 Å². The van der Waals surface area contributed by atoms with Crippen molar-refractivity contribution in [3.05, 3.63) is 35.0 Å². The van der Waals surface area contributed by atoms with Crippen LogP contribution >= 0.6 is 0 Å². The third kappa shape index (κ3) is 4.29. The zero-order chi connectivity index (χ0) is 18.2. The van der Waals surface area contributed by atoms with Crippen LogP contribution in [-0.2, 0) is 10.0 Å². The molecule has 1 N–H and O–H groups in total. The Morgan fingerprint density at radius 3 is 2.28 bits per heavy atom. The molecule has 0 aromatic carbocycles. The van der Waals surface area contributed by atoms with Crippen LogP contribution in [-0.4, -0.2) is 52.0 Å². The van der Waals surface area contributed by atoms with Crippen LogP contribution in [0.5, 0.6) is 0 Å². The smallest absolute Gasteiger partial charge is 0.228 e. The summed E-state index contributed by atoms with van der Waals surface area (Å²) >= 11 is 0. The molecular formula is C16H22N6O2S. The lowest BCUT2D eigenvalue weighted by atomic mass is 10.1. The SMILES string of the molecule is Cc1cc(C)nc(Nc2cc(C)nc([C@@H]3CCN(S(C)(=O)=O)C3)n2)n1. The van der Waals surface area contributed by atoms with Crippen molar-refractivity contribution in [2.45, 2.75) is 33.1 Å². The molecule has 1 aliphatic heterocycles. The van der Waals surface area contributed by atoms with Gasteiger partial charge < -0.3 is 5.32 Å². The van der Waals surface area contributed by atoms with Gasteiger partial charge in [0.15, 0.2) is 0 Å². The van der Waals surface area contributed by atoms with Gasteiger partial charge >= 0.3 is 0 Å². The Morgan fingerprint density at radius 2 is 1.68 bits per heavy atom. The topological polar surface area (TPSA) is 101 Å². The van der Waals surface area contributed by atoms with Crippen LogP contribution in [0.15, 0.2) is 12.1 Å². The molecule has 25 heavy (non-hydrogen) atoms. The first-order chi connectivity index (χ1) is 11.7. The molecule has 0 bridgehead atoms. The number of aryl methyl sites for hydroxylation is 3. The summed E-state index contributed by atoms with van der Waals surface area (Å²) in [6.07, 6.45) is 1.95. The van der Waals surface area contributed by atoms with E-state index in [4.69, 9.17) is 0 Å². The molecule has 2 aromatic rings. The molecule has 9 heteroatoms. The van der Waals surface area contributed by atoms with Crippen LogP contribution in [0.25, 0.3) is 0 Å². The van der Waals surface area contributed by atoms with Gasteiger partial charge in [0.05, 0.1) is 6.26 Å². The largest absolute Gasteiger partial charge is 0.309 e. The maximum absolute atomic E-state index is 11.7. The van der Waals surface area contributed by atoms with Crippen LogP contribution in [0, 0.1) is 20.8 Å². The second-order valence-corrected chi connectivity index (χ2v) is 8.44. The Hall–Kier alpha value is -2.13. The zero-order valence-electron chi connectivity index (χ0n) is 14.8. The van der Waals surface area contributed by atoms with E-state index in [1.807, 2.05) is 32.9 Å². The molecule has 0 spiro atoms. The molecule has 1 atom stereocenters. The molecule has 1 aliphatic rings. The monoisotopic (exact) mass is 362 g/mol. The molecular weight excluding hydrogens is 340 g/mol. The summed E-state index contributed by atoms with van der Waals surface area (Å²) in [7, 11) is -3.18. The summed E-state index contributed by atoms with van der Waals surface area (Å²) in [6, 6.07) is 3.73. The molecule has 3 rings (SSSR count). The van der Waals surface area contributed by atoms with Gasteiger partial charge in [-0.15, -0.1) is 0 Å². The Kier molecular flexibility index (Phi) is 4.70. The molecule has 3 heterocycles. The lowest BCUT2D eigenvalue weighted by Gasteiger charge is -2.14. The van der Waals surface area contributed by atoms with Crippen molar-refractivity contribution in [2.24, 2.45) is 0 Å². The summed E-state index contributed by atoms with van der Waals surface area (Å²) in [5.41, 5.74) is 2.57. The number of hydrogen-bond acceptors (Lipinski definition) is 7. The Balaban J connectivity index is 1.84. The number of sulfonamides is 1. The molecule has 2 aromatic heterocycles. The van der Waals surface area contributed by atoms with E-state index >= 15 is 0 Å². The summed E-state index contributed by atoms with van der Waals surface area (Å²) in [5, 5.41) is 3.13. The first-order valence-electron chi connectivity index (χ1n) is 8.11. The Bertz CT molecular complexity index is 879. The van der Waals surface area contributed by atoms with Gasteiger partial charge in [0.1, 0.15) is 11.6 Å². The van der Waals surface area contributed by atoms with Crippen LogP contribution in [0.2, 0.25) is 0 Å². The molecule has 0 saturated carbocycles. The highest BCUT2D eigenvalue weighted by Gasteiger charge is 2.31. The lowest BCUT2D eigenvalue weighted by molar-refractivity contribution is 0.476. The minimum Gasteiger partial charge on any atom is -0.309 e. The predicted molar refractivity (Wildman–Crippen MR) is 95.3 cm³/mol. The minimum atomic E-state index is -3.18. The predicted octanol–water partition coefficient (Wildman–Crippen LogP) is 1.68. The van der Waals surface area contributed by atoms with Gasteiger partial charge in [-0.2, -0.15) is 0 Å². The van der Waals surface area contributed by atoms with Gasteiger partial charge in [0.25, 0.3) is 0 Å². The van der Waals surface area contributed by atoms with E-state index in [9.17, 15) is 8.42 Å². The van der Waals surface area contributed by atoms with E-state index in [1.165, 1.54) is 10.6 Å². The summed E-state index contributed by atoms with van der Waals surface area (Å²) in [5.74, 6) is 1.75. The van der Waals surface area contributed by atoms with Crippen molar-refractivity contribution in [1.29, 1.82) is 0 Å². The first-order valence-corrected chi connectivity index (χ1v) is 9.95. The zero-order valence-corrected chi connectivity index (χ0v) is 15.6. The molecule has 8 nitrogen and oxygen atoms in total. The van der Waals surface area contributed by atoms with Crippen LogP contribution in [0.4, 0.5) is 11.8 Å². The number of anilines is 2. The highest BCUT2D eigenvalue weighted by atomic mass is 32.2. The molecule has 1 fully saturated rings. The number of nitrogens with zero attached hydrogens (tertiary/aromatic N) is 5. The maximum Gasteiger partial charge on any atom is 0.228 e. The summed E-state index contributed by atoms with van der Waals surface area (Å²) in [6.45, 7) is 6.64. The van der Waals surface area contributed by atoms with E-state index in [-0.39, 0.29) is 5.92 Å². The number of hydrogen-bond donors (Lipinski definition) is 1. The van der Waals surface area contributed by atoms with E-state index in [0.717, 1.165) is 23.5 Å². The van der Waals surface area contributed by atoms with Gasteiger partial charge in [-0.3, -0.25) is 0 Å². The molecule has 0 aliphatic carbocycles. The Morgan fingerprint density at radius 1 is 1.04 bits per heavy atom. The van der Waals surface area contributed by atoms with Gasteiger partial charge in [-0.25, -0.2) is 32.7 Å². The number of rotatable bonds is 4. The lowest BCUT2D eigenvalue weighted by Crippen LogP contribution is -2.27. The second kappa shape index (κ2) is 6.64. The second-order valence-electron chi connectivity index (χ2n) is 6.46. The summed E-state index contributed by atoms with van der Waals surface area (Å²) < 4.78 is 24.9. The van der Waals surface area contributed by atoms with Crippen LogP contribution in [0.1, 0.15) is 35.2 Å². The standard InChI is InChI=1S/C16H22N6O2S/c1-10-7-11(2)19-16(18-10)21-14-8-12(3)17-15(20-14)13-5-6-22(9-13)25(4,23)24/h7-8,13H,5-6,9H2,1-4H3,(H,17,18,19,20,21)/t13-/m1/s1. The van der Waals surface area contributed by atoms with Crippen molar-refractivity contribution in [3.63, 3.8) is 0 Å². The van der Waals surface area contributed by atoms with Gasteiger partial charge in [-0.05, 0) is 33.3 Å². The van der Waals surface area contributed by atoms with Crippen molar-refractivity contribution in [2.75, 3.05) is 24.7 Å². The fraction of sp³-hybridized carbons (Fsp3) is 0.500. The number of nitrogens with one attached hydrogen (secondary N) is 1. The van der Waals surface area contributed by atoms with E-state index in [2.05, 4.69) is 25.3 Å². The van der Waals surface area contributed by atoms with Crippen LogP contribution in [0.3, 0.4) is 0 Å². The maximum atomic E-state index is 11.7. The third-order valence-electron chi connectivity index (χ3n) is 4.08. The molecule has 0 amide bonds. The van der Waals surface area contributed by atoms with Crippen molar-refractivity contribution in [1.82, 2.24) is 24.2 Å². The van der Waals surface area contributed by atoms with Crippen molar-refractivity contribution in [3.8, 4) is 0 Å². The fourth-order valence-electron chi connectivity index (χ4n) is 2.97. The first kappa shape index (κ1) is 17.7. The van der Waals surface area contributed by atoms with Gasteiger partial charge in [-0.1, -0.05) is 0 Å². The molecule has 1 saturated heterocycles.